The van der Waals surface area contributed by atoms with Crippen molar-refractivity contribution in [2.45, 2.75) is 49.4 Å². The van der Waals surface area contributed by atoms with Crippen molar-refractivity contribution in [2.75, 3.05) is 0 Å². The summed E-state index contributed by atoms with van der Waals surface area (Å²) in [5, 5.41) is 11.6. The average molecular weight is 529 g/mol. The van der Waals surface area contributed by atoms with Crippen LogP contribution in [0.5, 0.6) is 0 Å². The highest BCUT2D eigenvalue weighted by molar-refractivity contribution is 5.87. The van der Waals surface area contributed by atoms with E-state index in [1.165, 1.54) is 0 Å². The molecule has 4 heteroatoms. The van der Waals surface area contributed by atoms with Crippen LogP contribution in [-0.4, -0.2) is 35.0 Å². The van der Waals surface area contributed by atoms with E-state index < -0.39 is 18.1 Å². The number of rotatable bonds is 4. The van der Waals surface area contributed by atoms with Crippen molar-refractivity contribution < 1.29 is 19.4 Å². The number of ether oxygens (including phenoxy) is 1. The van der Waals surface area contributed by atoms with E-state index in [1.54, 1.807) is 0 Å². The first-order valence-electron chi connectivity index (χ1n) is 14.3. The van der Waals surface area contributed by atoms with E-state index in [-0.39, 0.29) is 41.8 Å². The van der Waals surface area contributed by atoms with Crippen LogP contribution in [0.25, 0.3) is 22.3 Å². The summed E-state index contributed by atoms with van der Waals surface area (Å²) in [7, 11) is 0. The van der Waals surface area contributed by atoms with Crippen molar-refractivity contribution in [3.8, 4) is 22.3 Å². The second-order valence-corrected chi connectivity index (χ2v) is 11.6. The summed E-state index contributed by atoms with van der Waals surface area (Å²) in [5.41, 5.74) is 6.49. The smallest absolute Gasteiger partial charge is 0.139 e. The van der Waals surface area contributed by atoms with Crippen LogP contribution >= 0.6 is 0 Å². The molecule has 40 heavy (non-hydrogen) atoms. The fraction of sp³-hybridized carbons (Fsp3) is 0.278. The third kappa shape index (κ3) is 4.42. The minimum atomic E-state index is -0.799. The Kier molecular flexibility index (Phi) is 6.45. The molecule has 0 unspecified atom stereocenters. The fourth-order valence-electron chi connectivity index (χ4n) is 7.31. The van der Waals surface area contributed by atoms with Crippen LogP contribution in [0.3, 0.4) is 0 Å². The molecule has 2 aliphatic carbocycles. The summed E-state index contributed by atoms with van der Waals surface area (Å²) in [5.74, 6) is -0.788. The van der Waals surface area contributed by atoms with Gasteiger partial charge < -0.3 is 9.84 Å². The van der Waals surface area contributed by atoms with E-state index in [1.807, 2.05) is 48.5 Å². The number of carbonyl (C=O) groups excluding carboxylic acids is 2. The molecular weight excluding hydrogens is 496 g/mol. The Morgan fingerprint density at radius 1 is 0.550 bits per heavy atom. The Hall–Kier alpha value is -3.86. The zero-order chi connectivity index (χ0) is 27.2. The molecule has 1 N–H and O–H groups in total. The van der Waals surface area contributed by atoms with E-state index in [2.05, 4.69) is 60.7 Å². The second-order valence-electron chi connectivity index (χ2n) is 11.6. The number of aliphatic hydroxyl groups is 1. The molecule has 200 valence electrons. The lowest BCUT2D eigenvalue weighted by atomic mass is 9.65. The number of Topliss-reactive ketones (excluding diaryl/α,β-unsaturated/α-hetero) is 2. The normalized spacial score (nSPS) is 29.6. The maximum Gasteiger partial charge on any atom is 0.139 e. The van der Waals surface area contributed by atoms with Crippen LogP contribution in [0.2, 0.25) is 0 Å². The van der Waals surface area contributed by atoms with E-state index in [0.717, 1.165) is 33.4 Å². The highest BCUT2D eigenvalue weighted by atomic mass is 16.5. The number of ketones is 2. The van der Waals surface area contributed by atoms with Crippen molar-refractivity contribution in [1.82, 2.24) is 0 Å². The molecular formula is C36H32O4. The molecule has 0 spiro atoms. The molecule has 0 radical (unpaired) electrons. The van der Waals surface area contributed by atoms with E-state index >= 15 is 0 Å². The first-order chi connectivity index (χ1) is 19.6. The van der Waals surface area contributed by atoms with Gasteiger partial charge in [-0.1, -0.05) is 109 Å². The van der Waals surface area contributed by atoms with Crippen molar-refractivity contribution in [2.24, 2.45) is 11.8 Å². The minimum Gasteiger partial charge on any atom is -0.390 e. The van der Waals surface area contributed by atoms with Gasteiger partial charge in [0, 0.05) is 37.0 Å². The average Bonchev–Trinajstić information content (AvgIpc) is 3.40. The number of aliphatic hydroxyl groups excluding tert-OH is 1. The summed E-state index contributed by atoms with van der Waals surface area (Å²) >= 11 is 0. The van der Waals surface area contributed by atoms with E-state index in [0.29, 0.717) is 12.8 Å². The number of hydrogen-bond acceptors (Lipinski definition) is 4. The molecule has 4 aromatic carbocycles. The maximum atomic E-state index is 13.6. The molecule has 4 aromatic rings. The van der Waals surface area contributed by atoms with Crippen molar-refractivity contribution >= 4 is 11.6 Å². The van der Waals surface area contributed by atoms with Gasteiger partial charge in [0.25, 0.3) is 0 Å². The van der Waals surface area contributed by atoms with Gasteiger partial charge in [0.1, 0.15) is 11.6 Å². The van der Waals surface area contributed by atoms with Gasteiger partial charge in [-0.2, -0.15) is 0 Å². The summed E-state index contributed by atoms with van der Waals surface area (Å²) in [6.45, 7) is 0. The number of fused-ring (bicyclic) bond motifs is 3. The summed E-state index contributed by atoms with van der Waals surface area (Å²) in [6.07, 6.45) is -0.629. The molecule has 0 amide bonds. The van der Waals surface area contributed by atoms with Gasteiger partial charge in [0.2, 0.25) is 0 Å². The molecule has 7 atom stereocenters. The second kappa shape index (κ2) is 10.3. The molecule has 3 fully saturated rings. The molecule has 7 rings (SSSR count). The maximum absolute atomic E-state index is 13.6. The van der Waals surface area contributed by atoms with Crippen molar-refractivity contribution in [1.29, 1.82) is 0 Å². The Morgan fingerprint density at radius 3 is 1.60 bits per heavy atom. The Morgan fingerprint density at radius 2 is 1.05 bits per heavy atom. The Labute approximate surface area is 234 Å². The lowest BCUT2D eigenvalue weighted by Crippen LogP contribution is -2.47. The van der Waals surface area contributed by atoms with Crippen LogP contribution in [0.4, 0.5) is 0 Å². The number of hydrogen-bond donors (Lipinski definition) is 1. The van der Waals surface area contributed by atoms with Crippen LogP contribution in [-0.2, 0) is 14.3 Å². The third-order valence-corrected chi connectivity index (χ3v) is 9.29. The van der Waals surface area contributed by atoms with Crippen LogP contribution in [0.1, 0.15) is 42.2 Å². The highest BCUT2D eigenvalue weighted by Crippen LogP contribution is 2.52. The molecule has 3 aliphatic rings. The van der Waals surface area contributed by atoms with Gasteiger partial charge >= 0.3 is 0 Å². The van der Waals surface area contributed by atoms with Gasteiger partial charge in [-0.05, 0) is 33.4 Å². The van der Waals surface area contributed by atoms with E-state index in [9.17, 15) is 14.7 Å². The van der Waals surface area contributed by atoms with E-state index in [4.69, 9.17) is 4.74 Å². The van der Waals surface area contributed by atoms with Crippen LogP contribution in [0, 0.1) is 11.8 Å². The monoisotopic (exact) mass is 528 g/mol. The lowest BCUT2D eigenvalue weighted by Gasteiger charge is -2.37. The van der Waals surface area contributed by atoms with Crippen LogP contribution < -0.4 is 0 Å². The van der Waals surface area contributed by atoms with Crippen LogP contribution in [0.15, 0.2) is 109 Å². The SMILES string of the molecule is O=C1C[C@@H]2[C@@H](O[C@H]3[C@@H](O)[C@H](c4ccc(-c5ccccc5)cc4)CC(=O)[C@@H]23)[C@H](c2ccc(-c3ccccc3)cc2)C1. The van der Waals surface area contributed by atoms with Crippen molar-refractivity contribution in [3.05, 3.63) is 120 Å². The number of benzene rings is 4. The quantitative estimate of drug-likeness (QED) is 0.325. The fourth-order valence-corrected chi connectivity index (χ4v) is 7.31. The predicted molar refractivity (Wildman–Crippen MR) is 155 cm³/mol. The first-order valence-corrected chi connectivity index (χ1v) is 14.3. The summed E-state index contributed by atoms with van der Waals surface area (Å²) in [4.78, 5) is 26.5. The molecule has 0 bridgehead atoms. The third-order valence-electron chi connectivity index (χ3n) is 9.29. The lowest BCUT2D eigenvalue weighted by molar-refractivity contribution is -0.137. The largest absolute Gasteiger partial charge is 0.390 e. The Balaban J connectivity index is 1.14. The zero-order valence-corrected chi connectivity index (χ0v) is 22.2. The first kappa shape index (κ1) is 25.1. The zero-order valence-electron chi connectivity index (χ0n) is 22.2. The number of carbonyl (C=O) groups is 2. The molecule has 0 aromatic heterocycles. The Bertz CT molecular complexity index is 1510. The molecule has 1 aliphatic heterocycles. The van der Waals surface area contributed by atoms with Crippen molar-refractivity contribution in [3.63, 3.8) is 0 Å². The summed E-state index contributed by atoms with van der Waals surface area (Å²) < 4.78 is 6.60. The molecule has 4 nitrogen and oxygen atoms in total. The topological polar surface area (TPSA) is 63.6 Å². The standard InChI is InChI=1S/C36H32O4/c37-28-19-30(27-17-13-25(14-18-27)23-9-5-2-6-10-23)35-31(20-28)33-32(38)21-29(34(39)36(33)40-35)26-15-11-24(12-16-26)22-7-3-1-4-8-22/h1-18,29-31,33-36,39H,19-21H2/t29-,30-,31-,33+,34-,35-,36+/m0/s1. The highest BCUT2D eigenvalue weighted by Gasteiger charge is 2.58. The molecule has 1 saturated heterocycles. The predicted octanol–water partition coefficient (Wildman–Crippen LogP) is 6.58. The van der Waals surface area contributed by atoms with Gasteiger partial charge in [-0.25, -0.2) is 0 Å². The summed E-state index contributed by atoms with van der Waals surface area (Å²) in [6, 6.07) is 36.9. The van der Waals surface area contributed by atoms with Gasteiger partial charge in [-0.3, -0.25) is 9.59 Å². The van der Waals surface area contributed by atoms with Gasteiger partial charge in [0.15, 0.2) is 0 Å². The van der Waals surface area contributed by atoms with Gasteiger partial charge in [-0.15, -0.1) is 0 Å². The molecule has 1 heterocycles. The minimum absolute atomic E-state index is 0.104. The molecule has 2 saturated carbocycles. The van der Waals surface area contributed by atoms with Gasteiger partial charge in [0.05, 0.1) is 24.2 Å².